The zero-order valence-corrected chi connectivity index (χ0v) is 11.6. The van der Waals surface area contributed by atoms with E-state index in [9.17, 15) is 9.18 Å². The highest BCUT2D eigenvalue weighted by molar-refractivity contribution is 5.94. The summed E-state index contributed by atoms with van der Waals surface area (Å²) in [6.45, 7) is 1.54. The van der Waals surface area contributed by atoms with Crippen LogP contribution < -0.4 is 5.73 Å². The van der Waals surface area contributed by atoms with E-state index in [-0.39, 0.29) is 11.5 Å². The summed E-state index contributed by atoms with van der Waals surface area (Å²) in [5, 5.41) is 0. The Morgan fingerprint density at radius 2 is 1.95 bits per heavy atom. The molecule has 1 saturated heterocycles. The van der Waals surface area contributed by atoms with Gasteiger partial charge in [-0.15, -0.1) is 0 Å². The van der Waals surface area contributed by atoms with Crippen LogP contribution in [0.4, 0.5) is 10.1 Å². The van der Waals surface area contributed by atoms with Gasteiger partial charge in [0.2, 0.25) is 0 Å². The number of carbonyl (C=O) groups excluding carboxylic acids is 1. The van der Waals surface area contributed by atoms with Crippen LogP contribution in [-0.4, -0.2) is 23.9 Å². The molecule has 1 aliphatic heterocycles. The topological polar surface area (TPSA) is 46.3 Å². The highest BCUT2D eigenvalue weighted by Gasteiger charge is 2.33. The van der Waals surface area contributed by atoms with Gasteiger partial charge < -0.3 is 10.6 Å². The number of amides is 1. The maximum atomic E-state index is 13.9. The molecule has 0 radical (unpaired) electrons. The number of benzene rings is 1. The van der Waals surface area contributed by atoms with E-state index in [1.165, 1.54) is 37.8 Å². The fourth-order valence-corrected chi connectivity index (χ4v) is 3.66. The quantitative estimate of drug-likeness (QED) is 0.801. The predicted molar refractivity (Wildman–Crippen MR) is 76.8 cm³/mol. The standard InChI is InChI=1S/C16H21FN2O/c17-15-9-13(18)5-6-14(15)16(20)19-8-7-11-3-1-2-4-12(11)10-19/h5-6,9,11-12H,1-4,7-8,10,18H2. The molecule has 20 heavy (non-hydrogen) atoms. The monoisotopic (exact) mass is 276 g/mol. The lowest BCUT2D eigenvalue weighted by molar-refractivity contribution is 0.0517. The van der Waals surface area contributed by atoms with Gasteiger partial charge in [-0.3, -0.25) is 4.79 Å². The number of piperidine rings is 1. The van der Waals surface area contributed by atoms with Crippen molar-refractivity contribution in [1.82, 2.24) is 4.90 Å². The van der Waals surface area contributed by atoms with Gasteiger partial charge in [0.25, 0.3) is 5.91 Å². The number of fused-ring (bicyclic) bond motifs is 1. The van der Waals surface area contributed by atoms with E-state index in [1.807, 2.05) is 4.90 Å². The number of nitrogen functional groups attached to an aromatic ring is 1. The predicted octanol–water partition coefficient (Wildman–Crippen LogP) is 3.06. The summed E-state index contributed by atoms with van der Waals surface area (Å²) in [7, 11) is 0. The summed E-state index contributed by atoms with van der Waals surface area (Å²) in [5.41, 5.74) is 6.03. The van der Waals surface area contributed by atoms with Crippen molar-refractivity contribution in [3.05, 3.63) is 29.6 Å². The van der Waals surface area contributed by atoms with Crippen molar-refractivity contribution >= 4 is 11.6 Å². The fraction of sp³-hybridized carbons (Fsp3) is 0.562. The third-order valence-corrected chi connectivity index (χ3v) is 4.80. The minimum atomic E-state index is -0.513. The van der Waals surface area contributed by atoms with E-state index in [4.69, 9.17) is 5.73 Å². The Kier molecular flexibility index (Phi) is 3.64. The van der Waals surface area contributed by atoms with Gasteiger partial charge >= 0.3 is 0 Å². The Morgan fingerprint density at radius 1 is 1.20 bits per heavy atom. The molecule has 0 bridgehead atoms. The number of nitrogens with zero attached hydrogens (tertiary/aromatic N) is 1. The van der Waals surface area contributed by atoms with Gasteiger partial charge in [-0.25, -0.2) is 4.39 Å². The highest BCUT2D eigenvalue weighted by Crippen LogP contribution is 2.36. The zero-order valence-electron chi connectivity index (χ0n) is 11.6. The number of carbonyl (C=O) groups is 1. The van der Waals surface area contributed by atoms with Crippen LogP contribution in [0.3, 0.4) is 0 Å². The van der Waals surface area contributed by atoms with E-state index in [0.29, 0.717) is 11.6 Å². The lowest BCUT2D eigenvalue weighted by atomic mass is 9.75. The Bertz CT molecular complexity index is 517. The van der Waals surface area contributed by atoms with Crippen LogP contribution in [0.5, 0.6) is 0 Å². The fourth-order valence-electron chi connectivity index (χ4n) is 3.66. The summed E-state index contributed by atoms with van der Waals surface area (Å²) in [6, 6.07) is 4.31. The van der Waals surface area contributed by atoms with Crippen molar-refractivity contribution in [3.63, 3.8) is 0 Å². The minimum Gasteiger partial charge on any atom is -0.399 e. The molecular formula is C16H21FN2O. The number of hydrogen-bond acceptors (Lipinski definition) is 2. The third kappa shape index (κ3) is 2.51. The summed E-state index contributed by atoms with van der Waals surface area (Å²) in [5.74, 6) is 0.676. The summed E-state index contributed by atoms with van der Waals surface area (Å²) >= 11 is 0. The SMILES string of the molecule is Nc1ccc(C(=O)N2CCC3CCCCC3C2)c(F)c1. The molecule has 0 spiro atoms. The molecule has 1 saturated carbocycles. The molecule has 108 valence electrons. The van der Waals surface area contributed by atoms with Crippen LogP contribution in [0.15, 0.2) is 18.2 Å². The molecule has 2 atom stereocenters. The molecule has 2 fully saturated rings. The van der Waals surface area contributed by atoms with Gasteiger partial charge in [-0.2, -0.15) is 0 Å². The third-order valence-electron chi connectivity index (χ3n) is 4.80. The summed E-state index contributed by atoms with van der Waals surface area (Å²) in [6.07, 6.45) is 6.15. The molecule has 3 nitrogen and oxygen atoms in total. The average molecular weight is 276 g/mol. The first-order valence-corrected chi connectivity index (χ1v) is 7.49. The van der Waals surface area contributed by atoms with Crippen molar-refractivity contribution in [3.8, 4) is 0 Å². The van der Waals surface area contributed by atoms with Crippen molar-refractivity contribution in [2.45, 2.75) is 32.1 Å². The minimum absolute atomic E-state index is 0.147. The van der Waals surface area contributed by atoms with Gasteiger partial charge in [0.05, 0.1) is 5.56 Å². The van der Waals surface area contributed by atoms with Gasteiger partial charge in [-0.05, 0) is 42.9 Å². The normalized spacial score (nSPS) is 26.1. The van der Waals surface area contributed by atoms with Gasteiger partial charge in [-0.1, -0.05) is 19.3 Å². The molecule has 1 aromatic rings. The van der Waals surface area contributed by atoms with E-state index < -0.39 is 5.82 Å². The Hall–Kier alpha value is -1.58. The molecule has 1 amide bonds. The summed E-state index contributed by atoms with van der Waals surface area (Å²) in [4.78, 5) is 14.3. The van der Waals surface area contributed by atoms with E-state index in [2.05, 4.69) is 0 Å². The maximum absolute atomic E-state index is 13.9. The van der Waals surface area contributed by atoms with Crippen molar-refractivity contribution in [1.29, 1.82) is 0 Å². The first-order chi connectivity index (χ1) is 9.65. The molecule has 0 aromatic heterocycles. The molecular weight excluding hydrogens is 255 g/mol. The van der Waals surface area contributed by atoms with E-state index in [1.54, 1.807) is 6.07 Å². The van der Waals surface area contributed by atoms with Crippen LogP contribution in [0.2, 0.25) is 0 Å². The maximum Gasteiger partial charge on any atom is 0.256 e. The lowest BCUT2D eigenvalue weighted by Gasteiger charge is -2.41. The van der Waals surface area contributed by atoms with Gasteiger partial charge in [0.15, 0.2) is 0 Å². The smallest absolute Gasteiger partial charge is 0.256 e. The lowest BCUT2D eigenvalue weighted by Crippen LogP contribution is -2.45. The molecule has 1 aromatic carbocycles. The second-order valence-electron chi connectivity index (χ2n) is 6.08. The number of likely N-dealkylation sites (tertiary alicyclic amines) is 1. The molecule has 1 heterocycles. The summed E-state index contributed by atoms with van der Waals surface area (Å²) < 4.78 is 13.9. The second-order valence-corrected chi connectivity index (χ2v) is 6.08. The van der Waals surface area contributed by atoms with Crippen molar-refractivity contribution < 1.29 is 9.18 Å². The molecule has 2 N–H and O–H groups in total. The molecule has 3 rings (SSSR count). The number of halogens is 1. The number of rotatable bonds is 1. The van der Waals surface area contributed by atoms with Crippen molar-refractivity contribution in [2.24, 2.45) is 11.8 Å². The molecule has 2 unspecified atom stereocenters. The molecule has 4 heteroatoms. The van der Waals surface area contributed by atoms with Gasteiger partial charge in [0.1, 0.15) is 5.82 Å². The highest BCUT2D eigenvalue weighted by atomic mass is 19.1. The molecule has 2 aliphatic rings. The number of hydrogen-bond donors (Lipinski definition) is 1. The van der Waals surface area contributed by atoms with Crippen LogP contribution in [0, 0.1) is 17.7 Å². The van der Waals surface area contributed by atoms with Crippen molar-refractivity contribution in [2.75, 3.05) is 18.8 Å². The largest absolute Gasteiger partial charge is 0.399 e. The van der Waals surface area contributed by atoms with E-state index in [0.717, 1.165) is 25.4 Å². The molecule has 1 aliphatic carbocycles. The second kappa shape index (κ2) is 5.43. The Morgan fingerprint density at radius 3 is 2.70 bits per heavy atom. The van der Waals surface area contributed by atoms with Crippen LogP contribution in [-0.2, 0) is 0 Å². The van der Waals surface area contributed by atoms with Crippen LogP contribution in [0.1, 0.15) is 42.5 Å². The van der Waals surface area contributed by atoms with Gasteiger partial charge in [0, 0.05) is 18.8 Å². The first kappa shape index (κ1) is 13.4. The van der Waals surface area contributed by atoms with E-state index >= 15 is 0 Å². The number of anilines is 1. The van der Waals surface area contributed by atoms with Crippen LogP contribution in [0.25, 0.3) is 0 Å². The van der Waals surface area contributed by atoms with Crippen LogP contribution >= 0.6 is 0 Å². The average Bonchev–Trinajstić information content (AvgIpc) is 2.46. The Labute approximate surface area is 118 Å². The Balaban J connectivity index is 1.74. The zero-order chi connectivity index (χ0) is 14.1. The first-order valence-electron chi connectivity index (χ1n) is 7.49. The number of nitrogens with two attached hydrogens (primary N) is 1.